The Morgan fingerprint density at radius 1 is 0.909 bits per heavy atom. The van der Waals surface area contributed by atoms with Gasteiger partial charge in [0, 0.05) is 0 Å². The van der Waals surface area contributed by atoms with Gasteiger partial charge in [-0.1, -0.05) is 86.8 Å². The highest BCUT2D eigenvalue weighted by Crippen LogP contribution is 2.23. The van der Waals surface area contributed by atoms with Crippen LogP contribution >= 0.6 is 0 Å². The van der Waals surface area contributed by atoms with Crippen molar-refractivity contribution >= 4 is 0 Å². The first-order valence-electron chi connectivity index (χ1n) is 8.10. The lowest BCUT2D eigenvalue weighted by Gasteiger charge is -2.23. The molecule has 2 aromatic carbocycles. The van der Waals surface area contributed by atoms with Crippen LogP contribution < -0.4 is 5.32 Å². The van der Waals surface area contributed by atoms with Gasteiger partial charge in [-0.3, -0.25) is 5.32 Å². The van der Waals surface area contributed by atoms with Crippen LogP contribution in [0.2, 0.25) is 0 Å². The van der Waals surface area contributed by atoms with Crippen LogP contribution in [0.25, 0.3) is 0 Å². The summed E-state index contributed by atoms with van der Waals surface area (Å²) in [5.41, 5.74) is 2.40. The fourth-order valence-electron chi connectivity index (χ4n) is 2.66. The largest absolute Gasteiger partial charge is 0.291 e. The molecule has 0 spiro atoms. The molecule has 0 aliphatic heterocycles. The quantitative estimate of drug-likeness (QED) is 0.707. The molecule has 1 atom stereocenters. The summed E-state index contributed by atoms with van der Waals surface area (Å²) in [6, 6.07) is 23.1. The molecular weight excluding hydrogens is 268 g/mol. The number of unbranched alkanes of at least 4 members (excludes halogenated alkanes) is 2. The summed E-state index contributed by atoms with van der Waals surface area (Å²) in [7, 11) is 0. The lowest BCUT2D eigenvalue weighted by Crippen LogP contribution is -2.32. The molecule has 114 valence electrons. The van der Waals surface area contributed by atoms with Gasteiger partial charge < -0.3 is 0 Å². The Morgan fingerprint density at radius 3 is 1.91 bits per heavy atom. The van der Waals surface area contributed by atoms with Gasteiger partial charge in [0.05, 0.1) is 18.2 Å². The summed E-state index contributed by atoms with van der Waals surface area (Å²) in [5, 5.41) is 13.0. The monoisotopic (exact) mass is 292 g/mol. The SMILES string of the molecule is CCCCC[C@@H](C#N)NC(c1ccccc1)c1ccccc1. The van der Waals surface area contributed by atoms with Gasteiger partial charge in [0.25, 0.3) is 0 Å². The maximum absolute atomic E-state index is 9.46. The molecule has 0 unspecified atom stereocenters. The van der Waals surface area contributed by atoms with Gasteiger partial charge in [0.2, 0.25) is 0 Å². The minimum atomic E-state index is -0.114. The Labute approximate surface area is 133 Å². The van der Waals surface area contributed by atoms with Crippen molar-refractivity contribution in [2.24, 2.45) is 0 Å². The van der Waals surface area contributed by atoms with Gasteiger partial charge in [-0.25, -0.2) is 0 Å². The number of rotatable bonds is 8. The molecule has 2 heteroatoms. The van der Waals surface area contributed by atoms with E-state index in [1.807, 2.05) is 36.4 Å². The second-order valence-corrected chi connectivity index (χ2v) is 5.60. The van der Waals surface area contributed by atoms with Crippen LogP contribution in [0.4, 0.5) is 0 Å². The lowest BCUT2D eigenvalue weighted by molar-refractivity contribution is 0.493. The molecule has 0 bridgehead atoms. The highest BCUT2D eigenvalue weighted by Gasteiger charge is 2.18. The van der Waals surface area contributed by atoms with Crippen molar-refractivity contribution < 1.29 is 0 Å². The van der Waals surface area contributed by atoms with Crippen molar-refractivity contribution in [2.75, 3.05) is 0 Å². The van der Waals surface area contributed by atoms with E-state index in [1.54, 1.807) is 0 Å². The molecule has 0 saturated carbocycles. The standard InChI is InChI=1S/C20H24N2/c1-2-3-6-15-19(16-21)22-20(17-11-7-4-8-12-17)18-13-9-5-10-14-18/h4-5,7-14,19-20,22H,2-3,6,15H2,1H3/t19-/m0/s1. The van der Waals surface area contributed by atoms with E-state index in [2.05, 4.69) is 42.6 Å². The molecule has 0 aromatic heterocycles. The van der Waals surface area contributed by atoms with E-state index in [9.17, 15) is 5.26 Å². The zero-order chi connectivity index (χ0) is 15.6. The minimum absolute atomic E-state index is 0.0636. The van der Waals surface area contributed by atoms with E-state index in [-0.39, 0.29) is 12.1 Å². The van der Waals surface area contributed by atoms with Crippen molar-refractivity contribution in [3.05, 3.63) is 71.8 Å². The molecule has 0 heterocycles. The summed E-state index contributed by atoms with van der Waals surface area (Å²) >= 11 is 0. The number of hydrogen-bond acceptors (Lipinski definition) is 2. The van der Waals surface area contributed by atoms with Crippen LogP contribution in [0.3, 0.4) is 0 Å². The van der Waals surface area contributed by atoms with Crippen molar-refractivity contribution in [2.45, 2.75) is 44.7 Å². The summed E-state index contributed by atoms with van der Waals surface area (Å²) in [6.45, 7) is 2.19. The second-order valence-electron chi connectivity index (χ2n) is 5.60. The van der Waals surface area contributed by atoms with E-state index < -0.39 is 0 Å². The fourth-order valence-corrected chi connectivity index (χ4v) is 2.66. The zero-order valence-electron chi connectivity index (χ0n) is 13.2. The number of nitriles is 1. The molecule has 0 fully saturated rings. The topological polar surface area (TPSA) is 35.8 Å². The van der Waals surface area contributed by atoms with Gasteiger partial charge >= 0.3 is 0 Å². The second kappa shape index (κ2) is 9.02. The lowest BCUT2D eigenvalue weighted by atomic mass is 9.97. The molecule has 22 heavy (non-hydrogen) atoms. The predicted octanol–water partition coefficient (Wildman–Crippen LogP) is 4.84. The Hall–Kier alpha value is -2.11. The number of hydrogen-bond donors (Lipinski definition) is 1. The molecule has 0 saturated heterocycles. The normalized spacial score (nSPS) is 12.0. The van der Waals surface area contributed by atoms with Crippen molar-refractivity contribution in [3.63, 3.8) is 0 Å². The third-order valence-corrected chi connectivity index (χ3v) is 3.89. The van der Waals surface area contributed by atoms with E-state index in [0.717, 1.165) is 12.8 Å². The maximum atomic E-state index is 9.46. The predicted molar refractivity (Wildman–Crippen MR) is 91.4 cm³/mol. The Balaban J connectivity index is 2.16. The Kier molecular flexibility index (Phi) is 6.67. The van der Waals surface area contributed by atoms with Crippen molar-refractivity contribution in [3.8, 4) is 6.07 Å². The van der Waals surface area contributed by atoms with Gasteiger partial charge in [-0.15, -0.1) is 0 Å². The summed E-state index contributed by atoms with van der Waals surface area (Å²) in [4.78, 5) is 0. The van der Waals surface area contributed by atoms with Gasteiger partial charge in [0.15, 0.2) is 0 Å². The summed E-state index contributed by atoms with van der Waals surface area (Å²) in [6.07, 6.45) is 4.36. The minimum Gasteiger partial charge on any atom is -0.291 e. The van der Waals surface area contributed by atoms with Crippen molar-refractivity contribution in [1.29, 1.82) is 5.26 Å². The molecule has 0 radical (unpaired) electrons. The molecular formula is C20H24N2. The van der Waals surface area contributed by atoms with E-state index in [4.69, 9.17) is 0 Å². The van der Waals surface area contributed by atoms with E-state index in [0.29, 0.717) is 0 Å². The smallest absolute Gasteiger partial charge is 0.0960 e. The van der Waals surface area contributed by atoms with Crippen LogP contribution in [0.15, 0.2) is 60.7 Å². The van der Waals surface area contributed by atoms with Crippen molar-refractivity contribution in [1.82, 2.24) is 5.32 Å². The molecule has 2 nitrogen and oxygen atoms in total. The molecule has 0 amide bonds. The summed E-state index contributed by atoms with van der Waals surface area (Å²) in [5.74, 6) is 0. The number of nitrogens with one attached hydrogen (secondary N) is 1. The van der Waals surface area contributed by atoms with Crippen LogP contribution in [0, 0.1) is 11.3 Å². The average molecular weight is 292 g/mol. The highest BCUT2D eigenvalue weighted by molar-refractivity contribution is 5.32. The van der Waals surface area contributed by atoms with Crippen LogP contribution in [0.1, 0.15) is 49.8 Å². The fraction of sp³-hybridized carbons (Fsp3) is 0.350. The Morgan fingerprint density at radius 2 is 1.45 bits per heavy atom. The first-order valence-corrected chi connectivity index (χ1v) is 8.10. The highest BCUT2D eigenvalue weighted by atomic mass is 14.9. The first-order chi connectivity index (χ1) is 10.8. The van der Waals surface area contributed by atoms with Crippen LogP contribution in [-0.2, 0) is 0 Å². The molecule has 0 aliphatic rings. The van der Waals surface area contributed by atoms with E-state index >= 15 is 0 Å². The van der Waals surface area contributed by atoms with Gasteiger partial charge in [-0.2, -0.15) is 5.26 Å². The molecule has 0 aliphatic carbocycles. The van der Waals surface area contributed by atoms with E-state index in [1.165, 1.54) is 24.0 Å². The number of nitrogens with zero attached hydrogens (tertiary/aromatic N) is 1. The maximum Gasteiger partial charge on any atom is 0.0960 e. The first kappa shape index (κ1) is 16.3. The zero-order valence-corrected chi connectivity index (χ0v) is 13.2. The van der Waals surface area contributed by atoms with Gasteiger partial charge in [-0.05, 0) is 17.5 Å². The molecule has 2 rings (SSSR count). The third-order valence-electron chi connectivity index (χ3n) is 3.89. The molecule has 1 N–H and O–H groups in total. The van der Waals surface area contributed by atoms with Gasteiger partial charge in [0.1, 0.15) is 0 Å². The van der Waals surface area contributed by atoms with Crippen LogP contribution in [-0.4, -0.2) is 6.04 Å². The Bertz CT molecular complexity index is 532. The summed E-state index contributed by atoms with van der Waals surface area (Å²) < 4.78 is 0. The number of benzene rings is 2. The molecule has 2 aromatic rings. The van der Waals surface area contributed by atoms with Crippen LogP contribution in [0.5, 0.6) is 0 Å². The third kappa shape index (κ3) is 4.72. The average Bonchev–Trinajstić information content (AvgIpc) is 2.59.